The van der Waals surface area contributed by atoms with E-state index in [1.54, 1.807) is 23.1 Å². The van der Waals surface area contributed by atoms with Gasteiger partial charge in [0, 0.05) is 32.2 Å². The van der Waals surface area contributed by atoms with Crippen LogP contribution in [0.1, 0.15) is 18.5 Å². The van der Waals surface area contributed by atoms with Crippen molar-refractivity contribution in [1.82, 2.24) is 20.0 Å². The molecule has 5 nitrogen and oxygen atoms in total. The zero-order chi connectivity index (χ0) is 17.6. The van der Waals surface area contributed by atoms with E-state index in [9.17, 15) is 4.79 Å². The van der Waals surface area contributed by atoms with Crippen LogP contribution in [0.4, 0.5) is 0 Å². The van der Waals surface area contributed by atoms with Crippen molar-refractivity contribution >= 4 is 40.8 Å². The number of nitrogens with zero attached hydrogens (tertiary/aromatic N) is 4. The molecule has 1 aromatic carbocycles. The van der Waals surface area contributed by atoms with Crippen LogP contribution in [-0.4, -0.2) is 64.1 Å². The summed E-state index contributed by atoms with van der Waals surface area (Å²) in [7, 11) is 0. The van der Waals surface area contributed by atoms with Gasteiger partial charge in [0.05, 0.1) is 5.75 Å². The number of carbonyl (C=O) groups is 1. The Hall–Kier alpha value is -1.09. The fourth-order valence-corrected chi connectivity index (χ4v) is 5.19. The van der Waals surface area contributed by atoms with Gasteiger partial charge in [-0.15, -0.1) is 10.2 Å². The summed E-state index contributed by atoms with van der Waals surface area (Å²) in [6.45, 7) is 5.66. The summed E-state index contributed by atoms with van der Waals surface area (Å²) in [4.78, 5) is 16.8. The third kappa shape index (κ3) is 4.97. The van der Waals surface area contributed by atoms with Crippen LogP contribution in [0.2, 0.25) is 0 Å². The second-order valence-electron chi connectivity index (χ2n) is 5.83. The first kappa shape index (κ1) is 18.7. The van der Waals surface area contributed by atoms with E-state index in [0.29, 0.717) is 11.8 Å². The van der Waals surface area contributed by atoms with Crippen LogP contribution >= 0.6 is 34.9 Å². The van der Waals surface area contributed by atoms with E-state index in [0.717, 1.165) is 34.9 Å². The van der Waals surface area contributed by atoms with Crippen LogP contribution in [0.5, 0.6) is 0 Å². The lowest BCUT2D eigenvalue weighted by molar-refractivity contribution is -0.130. The van der Waals surface area contributed by atoms with E-state index in [1.807, 2.05) is 17.2 Å². The molecule has 1 fully saturated rings. The van der Waals surface area contributed by atoms with Crippen molar-refractivity contribution in [3.05, 3.63) is 35.9 Å². The van der Waals surface area contributed by atoms with Gasteiger partial charge in [0.2, 0.25) is 5.91 Å². The smallest absolute Gasteiger partial charge is 0.233 e. The molecule has 2 heterocycles. The maximum Gasteiger partial charge on any atom is 0.233 e. The molecule has 25 heavy (non-hydrogen) atoms. The zero-order valence-corrected chi connectivity index (χ0v) is 16.9. The Labute approximate surface area is 161 Å². The highest BCUT2D eigenvalue weighted by Gasteiger charge is 2.24. The summed E-state index contributed by atoms with van der Waals surface area (Å²) in [6, 6.07) is 10.9. The summed E-state index contributed by atoms with van der Waals surface area (Å²) in [5.74, 6) is 0.634. The lowest BCUT2D eigenvalue weighted by atomic mass is 10.1. The van der Waals surface area contributed by atoms with Gasteiger partial charge in [-0.05, 0) is 18.7 Å². The molecule has 1 aliphatic heterocycles. The first-order valence-electron chi connectivity index (χ1n) is 8.24. The highest BCUT2D eigenvalue weighted by Crippen LogP contribution is 2.27. The maximum atomic E-state index is 12.4. The normalized spacial score (nSPS) is 16.8. The molecule has 0 spiro atoms. The Balaban J connectivity index is 1.46. The summed E-state index contributed by atoms with van der Waals surface area (Å²) in [6.07, 6.45) is 1.98. The monoisotopic (exact) mass is 394 g/mol. The van der Waals surface area contributed by atoms with Crippen molar-refractivity contribution in [1.29, 1.82) is 0 Å². The van der Waals surface area contributed by atoms with E-state index in [2.05, 4.69) is 46.3 Å². The quantitative estimate of drug-likeness (QED) is 0.701. The van der Waals surface area contributed by atoms with Gasteiger partial charge in [0.25, 0.3) is 0 Å². The Kier molecular flexibility index (Phi) is 6.75. The molecule has 0 radical (unpaired) electrons. The SMILES string of the molecule is CSc1nnc(SCC(=O)N2CCN(C(C)c3ccccc3)CC2)s1. The number of piperazine rings is 1. The number of hydrogen-bond acceptors (Lipinski definition) is 7. The summed E-state index contributed by atoms with van der Waals surface area (Å²) < 4.78 is 1.81. The van der Waals surface area contributed by atoms with Crippen LogP contribution < -0.4 is 0 Å². The fourth-order valence-electron chi connectivity index (χ4n) is 2.85. The Morgan fingerprint density at radius 2 is 1.84 bits per heavy atom. The van der Waals surface area contributed by atoms with Crippen LogP contribution in [0.3, 0.4) is 0 Å². The Morgan fingerprint density at radius 1 is 1.16 bits per heavy atom. The molecule has 0 bridgehead atoms. The number of thioether (sulfide) groups is 2. The molecular formula is C17H22N4OS3. The molecule has 1 aromatic heterocycles. The van der Waals surface area contributed by atoms with Gasteiger partial charge in [0.1, 0.15) is 0 Å². The van der Waals surface area contributed by atoms with Gasteiger partial charge in [0.15, 0.2) is 8.68 Å². The molecule has 1 amide bonds. The number of aromatic nitrogens is 2. The Morgan fingerprint density at radius 3 is 2.48 bits per heavy atom. The van der Waals surface area contributed by atoms with Crippen molar-refractivity contribution in [2.45, 2.75) is 21.6 Å². The van der Waals surface area contributed by atoms with Crippen LogP contribution in [0.15, 0.2) is 39.0 Å². The topological polar surface area (TPSA) is 49.3 Å². The van der Waals surface area contributed by atoms with Crippen molar-refractivity contribution in [2.24, 2.45) is 0 Å². The molecule has 8 heteroatoms. The number of rotatable bonds is 6. The van der Waals surface area contributed by atoms with Gasteiger partial charge in [-0.2, -0.15) is 0 Å². The lowest BCUT2D eigenvalue weighted by Crippen LogP contribution is -2.49. The number of carbonyl (C=O) groups excluding carboxylic acids is 1. The van der Waals surface area contributed by atoms with Crippen molar-refractivity contribution in [2.75, 3.05) is 38.2 Å². The number of hydrogen-bond donors (Lipinski definition) is 0. The van der Waals surface area contributed by atoms with Gasteiger partial charge < -0.3 is 4.90 Å². The first-order valence-corrected chi connectivity index (χ1v) is 11.3. The number of benzene rings is 1. The predicted molar refractivity (Wildman–Crippen MR) is 105 cm³/mol. The summed E-state index contributed by atoms with van der Waals surface area (Å²) in [5, 5.41) is 8.17. The van der Waals surface area contributed by atoms with Gasteiger partial charge in [-0.1, -0.05) is 65.2 Å². The zero-order valence-electron chi connectivity index (χ0n) is 14.4. The van der Waals surface area contributed by atoms with E-state index < -0.39 is 0 Å². The molecule has 1 aliphatic rings. The van der Waals surface area contributed by atoms with Crippen LogP contribution in [-0.2, 0) is 4.79 Å². The standard InChI is InChI=1S/C17H22N4OS3/c1-13(14-6-4-3-5-7-14)20-8-10-21(11-9-20)15(22)12-24-17-19-18-16(23-2)25-17/h3-7,13H,8-12H2,1-2H3. The van der Waals surface area contributed by atoms with Crippen molar-refractivity contribution in [3.63, 3.8) is 0 Å². The van der Waals surface area contributed by atoms with E-state index in [1.165, 1.54) is 17.3 Å². The average Bonchev–Trinajstić information content (AvgIpc) is 3.14. The summed E-state index contributed by atoms with van der Waals surface area (Å²) >= 11 is 4.62. The molecule has 3 rings (SSSR count). The molecule has 1 atom stereocenters. The second kappa shape index (κ2) is 9.02. The second-order valence-corrected chi connectivity index (χ2v) is 9.08. The molecule has 0 N–H and O–H groups in total. The highest BCUT2D eigenvalue weighted by atomic mass is 32.2. The molecule has 2 aromatic rings. The molecule has 0 saturated carbocycles. The van der Waals surface area contributed by atoms with Crippen LogP contribution in [0, 0.1) is 0 Å². The lowest BCUT2D eigenvalue weighted by Gasteiger charge is -2.38. The molecule has 1 saturated heterocycles. The fraction of sp³-hybridized carbons (Fsp3) is 0.471. The molecule has 0 aliphatic carbocycles. The van der Waals surface area contributed by atoms with Gasteiger partial charge >= 0.3 is 0 Å². The minimum Gasteiger partial charge on any atom is -0.339 e. The predicted octanol–water partition coefficient (Wildman–Crippen LogP) is 3.26. The van der Waals surface area contributed by atoms with Crippen molar-refractivity contribution < 1.29 is 4.79 Å². The third-order valence-electron chi connectivity index (χ3n) is 4.38. The average molecular weight is 395 g/mol. The minimum absolute atomic E-state index is 0.193. The molecular weight excluding hydrogens is 372 g/mol. The third-order valence-corrected chi connectivity index (χ3v) is 7.40. The highest BCUT2D eigenvalue weighted by molar-refractivity contribution is 8.03. The van der Waals surface area contributed by atoms with E-state index >= 15 is 0 Å². The first-order chi connectivity index (χ1) is 12.2. The van der Waals surface area contributed by atoms with E-state index in [-0.39, 0.29) is 5.91 Å². The van der Waals surface area contributed by atoms with E-state index in [4.69, 9.17) is 0 Å². The molecule has 1 unspecified atom stereocenters. The van der Waals surface area contributed by atoms with Crippen LogP contribution in [0.25, 0.3) is 0 Å². The molecule has 134 valence electrons. The largest absolute Gasteiger partial charge is 0.339 e. The van der Waals surface area contributed by atoms with Gasteiger partial charge in [-0.3, -0.25) is 9.69 Å². The van der Waals surface area contributed by atoms with Crippen molar-refractivity contribution in [3.8, 4) is 0 Å². The van der Waals surface area contributed by atoms with Gasteiger partial charge in [-0.25, -0.2) is 0 Å². The summed E-state index contributed by atoms with van der Waals surface area (Å²) in [5.41, 5.74) is 1.33. The Bertz CT molecular complexity index is 686. The maximum absolute atomic E-state index is 12.4. The number of amides is 1. The minimum atomic E-state index is 0.193.